The number of carbonyl (C=O) groups is 2. The molecule has 1 aliphatic rings. The van der Waals surface area contributed by atoms with Crippen LogP contribution in [-0.4, -0.2) is 49.6 Å². The van der Waals surface area contributed by atoms with Crippen molar-refractivity contribution in [2.75, 3.05) is 13.6 Å². The zero-order chi connectivity index (χ0) is 19.7. The van der Waals surface area contributed by atoms with Crippen molar-refractivity contribution in [1.82, 2.24) is 24.2 Å². The van der Waals surface area contributed by atoms with Gasteiger partial charge in [-0.15, -0.1) is 0 Å². The lowest BCUT2D eigenvalue weighted by Crippen LogP contribution is -2.29. The normalized spacial score (nSPS) is 16.5. The van der Waals surface area contributed by atoms with Crippen molar-refractivity contribution in [3.63, 3.8) is 0 Å². The average Bonchev–Trinajstić information content (AvgIpc) is 3.33. The molecule has 0 saturated carbocycles. The Morgan fingerprint density at radius 2 is 2.04 bits per heavy atom. The van der Waals surface area contributed by atoms with Gasteiger partial charge in [0.05, 0.1) is 23.8 Å². The first kappa shape index (κ1) is 18.2. The van der Waals surface area contributed by atoms with Crippen LogP contribution in [0, 0.1) is 0 Å². The van der Waals surface area contributed by atoms with E-state index in [0.717, 1.165) is 36.4 Å². The SMILES string of the molecule is CC(=O)N1CCC[C@@H]1c1nc(C(=O)N(C)Cc2ccccn2)c2ccccn12. The van der Waals surface area contributed by atoms with Crippen LogP contribution in [0.3, 0.4) is 0 Å². The summed E-state index contributed by atoms with van der Waals surface area (Å²) < 4.78 is 1.94. The molecule has 2 amide bonds. The summed E-state index contributed by atoms with van der Waals surface area (Å²) in [5.41, 5.74) is 1.98. The first-order valence-corrected chi connectivity index (χ1v) is 9.46. The maximum Gasteiger partial charge on any atom is 0.274 e. The molecule has 1 atom stereocenters. The highest BCUT2D eigenvalue weighted by molar-refractivity contribution is 5.99. The van der Waals surface area contributed by atoms with Gasteiger partial charge in [-0.1, -0.05) is 12.1 Å². The lowest BCUT2D eigenvalue weighted by molar-refractivity contribution is -0.129. The Hall–Kier alpha value is -3.22. The van der Waals surface area contributed by atoms with Crippen molar-refractivity contribution < 1.29 is 9.59 Å². The van der Waals surface area contributed by atoms with Gasteiger partial charge in [-0.25, -0.2) is 4.98 Å². The molecule has 1 aliphatic heterocycles. The third kappa shape index (κ3) is 3.24. The molecule has 0 aromatic carbocycles. The van der Waals surface area contributed by atoms with E-state index in [1.165, 1.54) is 0 Å². The van der Waals surface area contributed by atoms with E-state index in [-0.39, 0.29) is 17.9 Å². The van der Waals surface area contributed by atoms with Gasteiger partial charge >= 0.3 is 0 Å². The van der Waals surface area contributed by atoms with E-state index < -0.39 is 0 Å². The molecule has 0 bridgehead atoms. The Bertz CT molecular complexity index is 1010. The van der Waals surface area contributed by atoms with Crippen molar-refractivity contribution >= 4 is 17.3 Å². The molecule has 4 rings (SSSR count). The summed E-state index contributed by atoms with van der Waals surface area (Å²) in [5, 5.41) is 0. The van der Waals surface area contributed by atoms with Gasteiger partial charge in [-0.3, -0.25) is 14.6 Å². The van der Waals surface area contributed by atoms with Crippen LogP contribution in [0.25, 0.3) is 5.52 Å². The molecule has 28 heavy (non-hydrogen) atoms. The van der Waals surface area contributed by atoms with Crippen LogP contribution in [-0.2, 0) is 11.3 Å². The summed E-state index contributed by atoms with van der Waals surface area (Å²) in [6.07, 6.45) is 5.41. The number of carbonyl (C=O) groups excluding carboxylic acids is 2. The predicted molar refractivity (Wildman–Crippen MR) is 105 cm³/mol. The highest BCUT2D eigenvalue weighted by atomic mass is 16.2. The second-order valence-corrected chi connectivity index (χ2v) is 7.13. The van der Waals surface area contributed by atoms with Gasteiger partial charge in [0.15, 0.2) is 5.69 Å². The first-order chi connectivity index (χ1) is 13.6. The Kier molecular flexibility index (Phi) is 4.81. The standard InChI is InChI=1S/C21H23N5O2/c1-15(27)25-13-7-10-18(25)20-23-19(17-9-4-6-12-26(17)20)21(28)24(2)14-16-8-3-5-11-22-16/h3-6,8-9,11-12,18H,7,10,13-14H2,1-2H3/t18-/m1/s1. The van der Waals surface area contributed by atoms with Crippen LogP contribution in [0.1, 0.15) is 47.8 Å². The zero-order valence-electron chi connectivity index (χ0n) is 16.1. The summed E-state index contributed by atoms with van der Waals surface area (Å²) in [7, 11) is 1.75. The van der Waals surface area contributed by atoms with Crippen LogP contribution in [0.4, 0.5) is 0 Å². The number of fused-ring (bicyclic) bond motifs is 1. The number of pyridine rings is 2. The zero-order valence-corrected chi connectivity index (χ0v) is 16.1. The predicted octanol–water partition coefficient (Wildman–Crippen LogP) is 2.68. The molecule has 0 unspecified atom stereocenters. The average molecular weight is 377 g/mol. The van der Waals surface area contributed by atoms with Gasteiger partial charge in [-0.05, 0) is 37.1 Å². The van der Waals surface area contributed by atoms with E-state index in [1.54, 1.807) is 25.1 Å². The molecule has 1 saturated heterocycles. The van der Waals surface area contributed by atoms with Gasteiger partial charge in [0, 0.05) is 32.9 Å². The van der Waals surface area contributed by atoms with Gasteiger partial charge in [0.2, 0.25) is 5.91 Å². The van der Waals surface area contributed by atoms with E-state index in [9.17, 15) is 9.59 Å². The monoisotopic (exact) mass is 377 g/mol. The highest BCUT2D eigenvalue weighted by Gasteiger charge is 2.33. The Balaban J connectivity index is 1.70. The molecule has 1 fully saturated rings. The number of nitrogens with zero attached hydrogens (tertiary/aromatic N) is 5. The lowest BCUT2D eigenvalue weighted by atomic mass is 10.2. The van der Waals surface area contributed by atoms with E-state index >= 15 is 0 Å². The van der Waals surface area contributed by atoms with Crippen molar-refractivity contribution in [3.8, 4) is 0 Å². The van der Waals surface area contributed by atoms with Crippen LogP contribution in [0.15, 0.2) is 48.8 Å². The highest BCUT2D eigenvalue weighted by Crippen LogP contribution is 2.32. The van der Waals surface area contributed by atoms with Gasteiger partial charge < -0.3 is 14.2 Å². The Morgan fingerprint density at radius 1 is 1.21 bits per heavy atom. The number of aromatic nitrogens is 3. The number of hydrogen-bond acceptors (Lipinski definition) is 4. The number of imidazole rings is 1. The number of rotatable bonds is 4. The molecule has 0 N–H and O–H groups in total. The lowest BCUT2D eigenvalue weighted by Gasteiger charge is -2.22. The minimum absolute atomic E-state index is 0.0373. The third-order valence-corrected chi connectivity index (χ3v) is 5.21. The molecule has 3 aromatic rings. The summed E-state index contributed by atoms with van der Waals surface area (Å²) in [5.74, 6) is 0.626. The van der Waals surface area contributed by atoms with E-state index in [2.05, 4.69) is 4.98 Å². The molecular weight excluding hydrogens is 354 g/mol. The molecule has 0 radical (unpaired) electrons. The molecule has 0 aliphatic carbocycles. The van der Waals surface area contributed by atoms with Crippen molar-refractivity contribution in [1.29, 1.82) is 0 Å². The summed E-state index contributed by atoms with van der Waals surface area (Å²) in [6.45, 7) is 2.72. The molecule has 7 nitrogen and oxygen atoms in total. The smallest absolute Gasteiger partial charge is 0.274 e. The third-order valence-electron chi connectivity index (χ3n) is 5.21. The van der Waals surface area contributed by atoms with E-state index in [4.69, 9.17) is 4.98 Å². The maximum atomic E-state index is 13.1. The summed E-state index contributed by atoms with van der Waals surface area (Å²) in [6, 6.07) is 11.2. The fourth-order valence-electron chi connectivity index (χ4n) is 3.85. The number of amides is 2. The van der Waals surface area contributed by atoms with Crippen molar-refractivity contribution in [2.24, 2.45) is 0 Å². The fraction of sp³-hybridized carbons (Fsp3) is 0.333. The van der Waals surface area contributed by atoms with Crippen LogP contribution in [0.5, 0.6) is 0 Å². The summed E-state index contributed by atoms with van der Waals surface area (Å²) >= 11 is 0. The minimum Gasteiger partial charge on any atom is -0.334 e. The topological polar surface area (TPSA) is 70.8 Å². The number of likely N-dealkylation sites (tertiary alicyclic amines) is 1. The maximum absolute atomic E-state index is 13.1. The molecule has 4 heterocycles. The van der Waals surface area contributed by atoms with Crippen LogP contribution in [0.2, 0.25) is 0 Å². The Morgan fingerprint density at radius 3 is 2.79 bits per heavy atom. The van der Waals surface area contributed by atoms with E-state index in [1.807, 2.05) is 51.9 Å². The second-order valence-electron chi connectivity index (χ2n) is 7.13. The fourth-order valence-corrected chi connectivity index (χ4v) is 3.85. The molecule has 0 spiro atoms. The summed E-state index contributed by atoms with van der Waals surface area (Å²) in [4.78, 5) is 37.7. The van der Waals surface area contributed by atoms with Crippen LogP contribution < -0.4 is 0 Å². The van der Waals surface area contributed by atoms with Crippen molar-refractivity contribution in [2.45, 2.75) is 32.4 Å². The number of hydrogen-bond donors (Lipinski definition) is 0. The minimum atomic E-state index is -0.159. The molecule has 144 valence electrons. The van der Waals surface area contributed by atoms with Gasteiger partial charge in [-0.2, -0.15) is 0 Å². The molecule has 7 heteroatoms. The quantitative estimate of drug-likeness (QED) is 0.701. The van der Waals surface area contributed by atoms with Gasteiger partial charge in [0.25, 0.3) is 5.91 Å². The van der Waals surface area contributed by atoms with E-state index in [0.29, 0.717) is 12.2 Å². The van der Waals surface area contributed by atoms with Crippen LogP contribution >= 0.6 is 0 Å². The Labute approximate surface area is 163 Å². The van der Waals surface area contributed by atoms with Crippen molar-refractivity contribution in [3.05, 3.63) is 66.0 Å². The molecule has 3 aromatic heterocycles. The molecular formula is C21H23N5O2. The second kappa shape index (κ2) is 7.42. The van der Waals surface area contributed by atoms with Gasteiger partial charge in [0.1, 0.15) is 5.82 Å². The first-order valence-electron chi connectivity index (χ1n) is 9.46. The largest absolute Gasteiger partial charge is 0.334 e.